The maximum absolute atomic E-state index is 12.7. The minimum absolute atomic E-state index is 0.132. The van der Waals surface area contributed by atoms with Gasteiger partial charge in [0, 0.05) is 12.1 Å². The molecular formula is C15H12Cl2FNO. The van der Waals surface area contributed by atoms with Gasteiger partial charge in [0.05, 0.1) is 10.0 Å². The highest BCUT2D eigenvalue weighted by Gasteiger charge is 2.05. The third-order valence-corrected chi connectivity index (χ3v) is 3.50. The van der Waals surface area contributed by atoms with Crippen molar-refractivity contribution in [2.75, 3.05) is 5.32 Å². The largest absolute Gasteiger partial charge is 0.326 e. The van der Waals surface area contributed by atoms with Crippen LogP contribution in [-0.2, 0) is 11.2 Å². The van der Waals surface area contributed by atoms with Crippen molar-refractivity contribution in [3.8, 4) is 0 Å². The Kier molecular flexibility index (Phi) is 4.99. The Labute approximate surface area is 126 Å². The summed E-state index contributed by atoms with van der Waals surface area (Å²) < 4.78 is 12.7. The summed E-state index contributed by atoms with van der Waals surface area (Å²) in [7, 11) is 0. The fourth-order valence-corrected chi connectivity index (χ4v) is 2.00. The monoisotopic (exact) mass is 311 g/mol. The van der Waals surface area contributed by atoms with Gasteiger partial charge in [-0.2, -0.15) is 0 Å². The van der Waals surface area contributed by atoms with Crippen molar-refractivity contribution in [3.05, 3.63) is 63.9 Å². The molecule has 20 heavy (non-hydrogen) atoms. The van der Waals surface area contributed by atoms with Crippen molar-refractivity contribution in [1.29, 1.82) is 0 Å². The van der Waals surface area contributed by atoms with E-state index in [2.05, 4.69) is 5.32 Å². The van der Waals surface area contributed by atoms with Crippen LogP contribution in [0.5, 0.6) is 0 Å². The highest BCUT2D eigenvalue weighted by molar-refractivity contribution is 6.42. The second-order valence-corrected chi connectivity index (χ2v) is 5.12. The summed E-state index contributed by atoms with van der Waals surface area (Å²) in [6.45, 7) is 0. The number of aryl methyl sites for hydroxylation is 1. The summed E-state index contributed by atoms with van der Waals surface area (Å²) in [6, 6.07) is 11.0. The van der Waals surface area contributed by atoms with Crippen LogP contribution in [0.25, 0.3) is 0 Å². The van der Waals surface area contributed by atoms with Gasteiger partial charge >= 0.3 is 0 Å². The number of amides is 1. The van der Waals surface area contributed by atoms with Gasteiger partial charge in [0.25, 0.3) is 0 Å². The summed E-state index contributed by atoms with van der Waals surface area (Å²) >= 11 is 11.7. The average Bonchev–Trinajstić information content (AvgIpc) is 2.42. The molecule has 104 valence electrons. The zero-order valence-electron chi connectivity index (χ0n) is 10.5. The highest BCUT2D eigenvalue weighted by Crippen LogP contribution is 2.25. The third-order valence-electron chi connectivity index (χ3n) is 2.76. The van der Waals surface area contributed by atoms with E-state index in [1.165, 1.54) is 12.1 Å². The lowest BCUT2D eigenvalue weighted by Gasteiger charge is -2.06. The molecule has 0 aliphatic carbocycles. The smallest absolute Gasteiger partial charge is 0.224 e. The first-order chi connectivity index (χ1) is 9.54. The summed E-state index contributed by atoms with van der Waals surface area (Å²) in [5.74, 6) is -0.415. The van der Waals surface area contributed by atoms with Gasteiger partial charge in [0.2, 0.25) is 5.91 Å². The number of carbonyl (C=O) groups excluding carboxylic acids is 1. The number of halogens is 3. The molecule has 0 saturated heterocycles. The molecule has 1 amide bonds. The van der Waals surface area contributed by atoms with E-state index in [1.54, 1.807) is 30.3 Å². The van der Waals surface area contributed by atoms with Gasteiger partial charge in [-0.1, -0.05) is 35.3 Å². The topological polar surface area (TPSA) is 29.1 Å². The Balaban J connectivity index is 1.89. The summed E-state index contributed by atoms with van der Waals surface area (Å²) in [5.41, 5.74) is 1.51. The van der Waals surface area contributed by atoms with E-state index >= 15 is 0 Å². The molecule has 0 aromatic heterocycles. The molecule has 0 aliphatic rings. The number of benzene rings is 2. The number of anilines is 1. The molecule has 1 N–H and O–H groups in total. The SMILES string of the molecule is O=C(CCc1ccc(F)cc1)Nc1ccc(Cl)c(Cl)c1. The molecule has 2 nitrogen and oxygen atoms in total. The van der Waals surface area contributed by atoms with Gasteiger partial charge in [-0.25, -0.2) is 4.39 Å². The summed E-state index contributed by atoms with van der Waals surface area (Å²) in [4.78, 5) is 11.8. The fourth-order valence-electron chi connectivity index (χ4n) is 1.71. The molecule has 0 spiro atoms. The second kappa shape index (κ2) is 6.73. The third kappa shape index (κ3) is 4.22. The van der Waals surface area contributed by atoms with Crippen LogP contribution in [-0.4, -0.2) is 5.91 Å². The molecule has 2 rings (SSSR count). The minimum Gasteiger partial charge on any atom is -0.326 e. The van der Waals surface area contributed by atoms with Crippen LogP contribution in [0.15, 0.2) is 42.5 Å². The Bertz CT molecular complexity index is 614. The predicted octanol–water partition coefficient (Wildman–Crippen LogP) is 4.70. The van der Waals surface area contributed by atoms with Crippen LogP contribution >= 0.6 is 23.2 Å². The van der Waals surface area contributed by atoms with Crippen molar-refractivity contribution in [3.63, 3.8) is 0 Å². The van der Waals surface area contributed by atoms with Gasteiger partial charge in [0.15, 0.2) is 0 Å². The fraction of sp³-hybridized carbons (Fsp3) is 0.133. The number of nitrogens with one attached hydrogen (secondary N) is 1. The van der Waals surface area contributed by atoms with E-state index < -0.39 is 0 Å². The van der Waals surface area contributed by atoms with Crippen molar-refractivity contribution in [2.45, 2.75) is 12.8 Å². The van der Waals surface area contributed by atoms with Crippen LogP contribution in [0, 0.1) is 5.82 Å². The van der Waals surface area contributed by atoms with Crippen molar-refractivity contribution in [1.82, 2.24) is 0 Å². The molecule has 0 unspecified atom stereocenters. The van der Waals surface area contributed by atoms with Gasteiger partial charge in [0.1, 0.15) is 5.82 Å². The van der Waals surface area contributed by atoms with Crippen molar-refractivity contribution >= 4 is 34.8 Å². The van der Waals surface area contributed by atoms with E-state index in [9.17, 15) is 9.18 Å². The van der Waals surface area contributed by atoms with E-state index in [4.69, 9.17) is 23.2 Å². The number of hydrogen-bond acceptors (Lipinski definition) is 1. The quantitative estimate of drug-likeness (QED) is 0.871. The Morgan fingerprint density at radius 1 is 1.05 bits per heavy atom. The molecule has 0 bridgehead atoms. The lowest BCUT2D eigenvalue weighted by Crippen LogP contribution is -2.12. The Hall–Kier alpha value is -1.58. The second-order valence-electron chi connectivity index (χ2n) is 4.30. The van der Waals surface area contributed by atoms with Crippen LogP contribution < -0.4 is 5.32 Å². The molecular weight excluding hydrogens is 300 g/mol. The Morgan fingerprint density at radius 3 is 2.40 bits per heavy atom. The standard InChI is InChI=1S/C15H12Cl2FNO/c16-13-7-6-12(9-14(13)17)19-15(20)8-3-10-1-4-11(18)5-2-10/h1-2,4-7,9H,3,8H2,(H,19,20). The zero-order valence-corrected chi connectivity index (χ0v) is 12.0. The molecule has 0 saturated carbocycles. The molecule has 5 heteroatoms. The molecule has 0 aliphatic heterocycles. The Morgan fingerprint density at radius 2 is 1.75 bits per heavy atom. The van der Waals surface area contributed by atoms with Crippen LogP contribution in [0.4, 0.5) is 10.1 Å². The maximum atomic E-state index is 12.7. The van der Waals surface area contributed by atoms with Crippen LogP contribution in [0.2, 0.25) is 10.0 Å². The first-order valence-electron chi connectivity index (χ1n) is 6.04. The number of hydrogen-bond donors (Lipinski definition) is 1. The first-order valence-corrected chi connectivity index (χ1v) is 6.79. The molecule has 0 atom stereocenters. The van der Waals surface area contributed by atoms with E-state index in [-0.39, 0.29) is 11.7 Å². The minimum atomic E-state index is -0.283. The molecule has 0 heterocycles. The van der Waals surface area contributed by atoms with Gasteiger partial charge < -0.3 is 5.32 Å². The average molecular weight is 312 g/mol. The van der Waals surface area contributed by atoms with E-state index in [0.29, 0.717) is 28.6 Å². The number of rotatable bonds is 4. The maximum Gasteiger partial charge on any atom is 0.224 e. The van der Waals surface area contributed by atoms with Crippen molar-refractivity contribution < 1.29 is 9.18 Å². The lowest BCUT2D eigenvalue weighted by atomic mass is 10.1. The molecule has 0 fully saturated rings. The molecule has 0 radical (unpaired) electrons. The lowest BCUT2D eigenvalue weighted by molar-refractivity contribution is -0.116. The van der Waals surface area contributed by atoms with Gasteiger partial charge in [-0.15, -0.1) is 0 Å². The molecule has 2 aromatic carbocycles. The highest BCUT2D eigenvalue weighted by atomic mass is 35.5. The van der Waals surface area contributed by atoms with Crippen LogP contribution in [0.3, 0.4) is 0 Å². The van der Waals surface area contributed by atoms with E-state index in [0.717, 1.165) is 5.56 Å². The van der Waals surface area contributed by atoms with Crippen LogP contribution in [0.1, 0.15) is 12.0 Å². The van der Waals surface area contributed by atoms with Gasteiger partial charge in [-0.3, -0.25) is 4.79 Å². The normalized spacial score (nSPS) is 10.3. The zero-order chi connectivity index (χ0) is 14.5. The summed E-state index contributed by atoms with van der Waals surface area (Å²) in [5, 5.41) is 3.57. The first kappa shape index (κ1) is 14.8. The number of carbonyl (C=O) groups is 1. The van der Waals surface area contributed by atoms with Gasteiger partial charge in [-0.05, 0) is 42.3 Å². The van der Waals surface area contributed by atoms with Crippen molar-refractivity contribution in [2.24, 2.45) is 0 Å². The molecule has 2 aromatic rings. The predicted molar refractivity (Wildman–Crippen MR) is 79.8 cm³/mol. The summed E-state index contributed by atoms with van der Waals surface area (Å²) in [6.07, 6.45) is 0.860. The van der Waals surface area contributed by atoms with E-state index in [1.807, 2.05) is 0 Å².